The first-order valence-electron chi connectivity index (χ1n) is 7.34. The molecular weight excluding hydrogens is 340 g/mol. The number of thiocyanates is 1. The van der Waals surface area contributed by atoms with Gasteiger partial charge in [-0.3, -0.25) is 4.79 Å². The lowest BCUT2D eigenvalue weighted by atomic mass is 10.1. The second-order valence-corrected chi connectivity index (χ2v) is 6.12. The Balaban J connectivity index is 1.96. The molecule has 2 rings (SSSR count). The van der Waals surface area contributed by atoms with Crippen LogP contribution in [0.5, 0.6) is 5.75 Å². The number of nitrogens with one attached hydrogen (secondary N) is 1. The van der Waals surface area contributed by atoms with Crippen molar-refractivity contribution in [2.75, 3.05) is 11.9 Å². The number of amides is 1. The number of aromatic hydroxyl groups is 1. The highest BCUT2D eigenvalue weighted by atomic mass is 32.2. The minimum absolute atomic E-state index is 0.0156. The highest BCUT2D eigenvalue weighted by Crippen LogP contribution is 2.24. The lowest BCUT2D eigenvalue weighted by molar-refractivity contribution is -0.119. The summed E-state index contributed by atoms with van der Waals surface area (Å²) in [7, 11) is 0. The third-order valence-electron chi connectivity index (χ3n) is 3.43. The molecule has 0 unspecified atom stereocenters. The molecule has 0 saturated carbocycles. The number of ether oxygens (including phenoxy) is 1. The van der Waals surface area contributed by atoms with Crippen molar-refractivity contribution in [2.24, 2.45) is 0 Å². The van der Waals surface area contributed by atoms with Crippen molar-refractivity contribution in [1.29, 1.82) is 5.26 Å². The van der Waals surface area contributed by atoms with Gasteiger partial charge in [-0.15, -0.1) is 0 Å². The summed E-state index contributed by atoms with van der Waals surface area (Å²) in [4.78, 5) is 24.7. The predicted octanol–water partition coefficient (Wildman–Crippen LogP) is 3.38. The fourth-order valence-electron chi connectivity index (χ4n) is 2.11. The number of rotatable bonds is 5. The molecule has 0 bridgehead atoms. The van der Waals surface area contributed by atoms with Crippen molar-refractivity contribution in [1.82, 2.24) is 0 Å². The van der Waals surface area contributed by atoms with Crippen molar-refractivity contribution >= 4 is 29.3 Å². The average Bonchev–Trinajstić information content (AvgIpc) is 2.58. The predicted molar refractivity (Wildman–Crippen MR) is 94.4 cm³/mol. The van der Waals surface area contributed by atoms with Crippen molar-refractivity contribution in [3.05, 3.63) is 53.1 Å². The standard InChI is InChI=1S/C18H16N2O4S/c1-11-4-3-5-14(17(11)22)18(23)24-9-16(21)20-15-7-6-13(25-10-19)8-12(15)2/h3-8,22H,9H2,1-2H3,(H,20,21). The number of thioether (sulfide) groups is 1. The van der Waals surface area contributed by atoms with Gasteiger partial charge in [0.05, 0.1) is 0 Å². The van der Waals surface area contributed by atoms with Crippen LogP contribution in [0.1, 0.15) is 21.5 Å². The van der Waals surface area contributed by atoms with E-state index < -0.39 is 18.5 Å². The summed E-state index contributed by atoms with van der Waals surface area (Å²) in [6.07, 6.45) is 0. The van der Waals surface area contributed by atoms with Gasteiger partial charge < -0.3 is 15.2 Å². The van der Waals surface area contributed by atoms with Crippen molar-refractivity contribution < 1.29 is 19.4 Å². The highest BCUT2D eigenvalue weighted by molar-refractivity contribution is 8.03. The average molecular weight is 356 g/mol. The zero-order valence-electron chi connectivity index (χ0n) is 13.7. The van der Waals surface area contributed by atoms with Gasteiger partial charge in [-0.1, -0.05) is 12.1 Å². The normalized spacial score (nSPS) is 9.96. The van der Waals surface area contributed by atoms with Gasteiger partial charge in [0.25, 0.3) is 5.91 Å². The Kier molecular flexibility index (Phi) is 6.03. The number of nitriles is 1. The van der Waals surface area contributed by atoms with E-state index in [2.05, 4.69) is 5.32 Å². The van der Waals surface area contributed by atoms with E-state index in [-0.39, 0.29) is 11.3 Å². The van der Waals surface area contributed by atoms with Gasteiger partial charge in [0.2, 0.25) is 0 Å². The molecule has 6 nitrogen and oxygen atoms in total. The number of benzene rings is 2. The summed E-state index contributed by atoms with van der Waals surface area (Å²) in [5.74, 6) is -1.42. The second kappa shape index (κ2) is 8.22. The molecule has 0 aliphatic rings. The quantitative estimate of drug-likeness (QED) is 0.484. The van der Waals surface area contributed by atoms with E-state index in [4.69, 9.17) is 10.00 Å². The molecule has 0 aromatic heterocycles. The first-order chi connectivity index (χ1) is 11.9. The molecule has 0 aliphatic heterocycles. The Hall–Kier alpha value is -2.98. The van der Waals surface area contributed by atoms with Crippen molar-refractivity contribution in [2.45, 2.75) is 18.7 Å². The van der Waals surface area contributed by atoms with Gasteiger partial charge in [-0.2, -0.15) is 5.26 Å². The van der Waals surface area contributed by atoms with Crippen molar-refractivity contribution in [3.63, 3.8) is 0 Å². The van der Waals surface area contributed by atoms with Gasteiger partial charge in [-0.25, -0.2) is 4.79 Å². The van der Waals surface area contributed by atoms with Gasteiger partial charge >= 0.3 is 5.97 Å². The molecule has 0 aliphatic carbocycles. The zero-order chi connectivity index (χ0) is 18.4. The van der Waals surface area contributed by atoms with Gasteiger partial charge in [0, 0.05) is 10.6 Å². The number of aryl methyl sites for hydroxylation is 2. The number of nitrogens with zero attached hydrogens (tertiary/aromatic N) is 1. The summed E-state index contributed by atoms with van der Waals surface area (Å²) in [6.45, 7) is 2.99. The third-order valence-corrected chi connectivity index (χ3v) is 4.01. The maximum atomic E-state index is 12.0. The molecule has 0 radical (unpaired) electrons. The zero-order valence-corrected chi connectivity index (χ0v) is 14.5. The lowest BCUT2D eigenvalue weighted by Crippen LogP contribution is -2.21. The van der Waals surface area contributed by atoms with E-state index in [0.29, 0.717) is 11.3 Å². The fourth-order valence-corrected chi connectivity index (χ4v) is 2.59. The number of carbonyl (C=O) groups excluding carboxylic acids is 2. The van der Waals surface area contributed by atoms with E-state index in [1.165, 1.54) is 6.07 Å². The van der Waals surface area contributed by atoms with Gasteiger partial charge in [0.1, 0.15) is 16.7 Å². The fraction of sp³-hybridized carbons (Fsp3) is 0.167. The number of hydrogen-bond donors (Lipinski definition) is 2. The summed E-state index contributed by atoms with van der Waals surface area (Å²) in [5.41, 5.74) is 1.92. The molecule has 0 atom stereocenters. The van der Waals surface area contributed by atoms with Crippen LogP contribution < -0.4 is 5.32 Å². The SMILES string of the molecule is Cc1cc(SC#N)ccc1NC(=O)COC(=O)c1cccc(C)c1O. The minimum atomic E-state index is -0.770. The van der Waals surface area contributed by atoms with E-state index in [9.17, 15) is 14.7 Å². The van der Waals surface area contributed by atoms with Crippen LogP contribution in [0.4, 0.5) is 5.69 Å². The molecule has 0 heterocycles. The molecule has 2 aromatic rings. The summed E-state index contributed by atoms with van der Waals surface area (Å²) >= 11 is 1.03. The van der Waals surface area contributed by atoms with Crippen LogP contribution in [-0.2, 0) is 9.53 Å². The smallest absolute Gasteiger partial charge is 0.342 e. The Bertz CT molecular complexity index is 859. The maximum Gasteiger partial charge on any atom is 0.342 e. The molecule has 0 spiro atoms. The van der Waals surface area contributed by atoms with Gasteiger partial charge in [0.15, 0.2) is 6.61 Å². The Morgan fingerprint density at radius 3 is 2.68 bits per heavy atom. The number of hydrogen-bond acceptors (Lipinski definition) is 6. The number of phenolic OH excluding ortho intramolecular Hbond substituents is 1. The molecule has 7 heteroatoms. The maximum absolute atomic E-state index is 12.0. The molecular formula is C18H16N2O4S. The Labute approximate surface area is 149 Å². The molecule has 0 fully saturated rings. The number of carbonyl (C=O) groups is 2. The number of anilines is 1. The molecule has 128 valence electrons. The topological polar surface area (TPSA) is 99.4 Å². The van der Waals surface area contributed by atoms with E-state index >= 15 is 0 Å². The van der Waals surface area contributed by atoms with Crippen LogP contribution in [0, 0.1) is 24.5 Å². The summed E-state index contributed by atoms with van der Waals surface area (Å²) in [5, 5.41) is 23.1. The number of esters is 1. The highest BCUT2D eigenvalue weighted by Gasteiger charge is 2.15. The molecule has 0 saturated heterocycles. The molecule has 2 aromatic carbocycles. The van der Waals surface area contributed by atoms with Crippen LogP contribution >= 0.6 is 11.8 Å². The van der Waals surface area contributed by atoms with Crippen LogP contribution in [0.25, 0.3) is 0 Å². The number of phenols is 1. The lowest BCUT2D eigenvalue weighted by Gasteiger charge is -2.10. The summed E-state index contributed by atoms with van der Waals surface area (Å²) < 4.78 is 4.94. The Morgan fingerprint density at radius 1 is 1.24 bits per heavy atom. The van der Waals surface area contributed by atoms with E-state index in [0.717, 1.165) is 22.2 Å². The van der Waals surface area contributed by atoms with Crippen LogP contribution in [0.15, 0.2) is 41.3 Å². The van der Waals surface area contributed by atoms with Gasteiger partial charge in [-0.05, 0) is 61.0 Å². The first-order valence-corrected chi connectivity index (χ1v) is 8.16. The number of para-hydroxylation sites is 1. The molecule has 1 amide bonds. The minimum Gasteiger partial charge on any atom is -0.507 e. The van der Waals surface area contributed by atoms with E-state index in [1.807, 2.05) is 5.40 Å². The van der Waals surface area contributed by atoms with Crippen LogP contribution in [0.2, 0.25) is 0 Å². The van der Waals surface area contributed by atoms with Crippen molar-refractivity contribution in [3.8, 4) is 11.2 Å². The first kappa shape index (κ1) is 18.4. The Morgan fingerprint density at radius 2 is 2.00 bits per heavy atom. The van der Waals surface area contributed by atoms with Crippen LogP contribution in [0.3, 0.4) is 0 Å². The molecule has 25 heavy (non-hydrogen) atoms. The van der Waals surface area contributed by atoms with E-state index in [1.54, 1.807) is 44.2 Å². The third kappa shape index (κ3) is 4.75. The monoisotopic (exact) mass is 356 g/mol. The van der Waals surface area contributed by atoms with Crippen LogP contribution in [-0.4, -0.2) is 23.6 Å². The molecule has 2 N–H and O–H groups in total. The largest absolute Gasteiger partial charge is 0.507 e. The second-order valence-electron chi connectivity index (χ2n) is 5.27. The summed E-state index contributed by atoms with van der Waals surface area (Å²) in [6, 6.07) is 9.89.